The standard InChI is InChI=1S/C16H17BrFNO3/c1-3-16(7-11(20)21)15-9(4-5-22-16)12-13(17)10(18)6-8(2)14(12)19-15/h6,19H,3-5,7H2,1-2H3,(H,20,21). The Balaban J connectivity index is 2.32. The van der Waals surface area contributed by atoms with Crippen molar-refractivity contribution in [1.82, 2.24) is 4.98 Å². The highest BCUT2D eigenvalue weighted by Crippen LogP contribution is 2.44. The van der Waals surface area contributed by atoms with Crippen LogP contribution in [0.5, 0.6) is 0 Å². The quantitative estimate of drug-likeness (QED) is 0.858. The number of carbonyl (C=O) groups is 1. The molecule has 1 unspecified atom stereocenters. The van der Waals surface area contributed by atoms with Gasteiger partial charge in [0, 0.05) is 5.39 Å². The molecule has 1 aromatic heterocycles. The van der Waals surface area contributed by atoms with Crippen molar-refractivity contribution >= 4 is 32.8 Å². The van der Waals surface area contributed by atoms with Gasteiger partial charge >= 0.3 is 5.97 Å². The molecule has 2 N–H and O–H groups in total. The largest absolute Gasteiger partial charge is 0.481 e. The molecule has 0 saturated heterocycles. The van der Waals surface area contributed by atoms with Crippen LogP contribution in [0.2, 0.25) is 0 Å². The molecule has 1 aromatic carbocycles. The second-order valence-electron chi connectivity index (χ2n) is 5.73. The fourth-order valence-electron chi connectivity index (χ4n) is 3.37. The zero-order valence-corrected chi connectivity index (χ0v) is 14.0. The maximum atomic E-state index is 14.1. The van der Waals surface area contributed by atoms with Crippen molar-refractivity contribution in [3.05, 3.63) is 33.2 Å². The molecule has 3 rings (SSSR count). The van der Waals surface area contributed by atoms with Crippen molar-refractivity contribution in [2.45, 2.75) is 38.7 Å². The first-order valence-corrected chi connectivity index (χ1v) is 8.04. The van der Waals surface area contributed by atoms with Crippen LogP contribution in [0.1, 0.15) is 36.6 Å². The van der Waals surface area contributed by atoms with Crippen LogP contribution in [0.25, 0.3) is 10.9 Å². The van der Waals surface area contributed by atoms with E-state index in [-0.39, 0.29) is 12.2 Å². The van der Waals surface area contributed by atoms with Gasteiger partial charge in [-0.2, -0.15) is 0 Å². The molecule has 1 atom stereocenters. The van der Waals surface area contributed by atoms with E-state index in [1.807, 2.05) is 13.8 Å². The SMILES string of the molecule is CCC1(CC(=O)O)OCCc2c1[nH]c1c(C)cc(F)c(Br)c21. The van der Waals surface area contributed by atoms with E-state index < -0.39 is 11.6 Å². The smallest absolute Gasteiger partial charge is 0.306 e. The van der Waals surface area contributed by atoms with Gasteiger partial charge in [-0.05, 0) is 52.9 Å². The molecule has 0 saturated carbocycles. The molecular weight excluding hydrogens is 353 g/mol. The van der Waals surface area contributed by atoms with E-state index in [0.29, 0.717) is 23.9 Å². The summed E-state index contributed by atoms with van der Waals surface area (Å²) in [5, 5.41) is 10.1. The Morgan fingerprint density at radius 3 is 2.95 bits per heavy atom. The minimum atomic E-state index is -0.907. The third-order valence-electron chi connectivity index (χ3n) is 4.46. The van der Waals surface area contributed by atoms with Gasteiger partial charge in [-0.25, -0.2) is 4.39 Å². The van der Waals surface area contributed by atoms with E-state index in [4.69, 9.17) is 4.74 Å². The number of aryl methyl sites for hydroxylation is 1. The molecule has 0 amide bonds. The van der Waals surface area contributed by atoms with Gasteiger partial charge in [-0.1, -0.05) is 6.92 Å². The minimum absolute atomic E-state index is 0.109. The fourth-order valence-corrected chi connectivity index (χ4v) is 3.92. The van der Waals surface area contributed by atoms with Gasteiger partial charge in [0.15, 0.2) is 0 Å². The minimum Gasteiger partial charge on any atom is -0.481 e. The summed E-state index contributed by atoms with van der Waals surface area (Å²) >= 11 is 3.33. The van der Waals surface area contributed by atoms with Gasteiger partial charge in [0.25, 0.3) is 0 Å². The van der Waals surface area contributed by atoms with Crippen molar-refractivity contribution in [3.63, 3.8) is 0 Å². The van der Waals surface area contributed by atoms with Crippen LogP contribution in [0, 0.1) is 12.7 Å². The third-order valence-corrected chi connectivity index (χ3v) is 5.24. The van der Waals surface area contributed by atoms with Crippen LogP contribution >= 0.6 is 15.9 Å². The van der Waals surface area contributed by atoms with Crippen molar-refractivity contribution in [3.8, 4) is 0 Å². The first-order valence-electron chi connectivity index (χ1n) is 7.25. The average molecular weight is 370 g/mol. The van der Waals surface area contributed by atoms with E-state index in [0.717, 1.165) is 27.7 Å². The molecule has 0 aliphatic carbocycles. The number of aromatic amines is 1. The Morgan fingerprint density at radius 2 is 2.32 bits per heavy atom. The molecule has 1 aliphatic heterocycles. The van der Waals surface area contributed by atoms with Crippen molar-refractivity contribution in [2.24, 2.45) is 0 Å². The molecule has 0 radical (unpaired) electrons. The fraction of sp³-hybridized carbons (Fsp3) is 0.438. The summed E-state index contributed by atoms with van der Waals surface area (Å²) in [7, 11) is 0. The lowest BCUT2D eigenvalue weighted by molar-refractivity contribution is -0.148. The Hall–Kier alpha value is -1.40. The van der Waals surface area contributed by atoms with Crippen LogP contribution < -0.4 is 0 Å². The number of aliphatic carboxylic acids is 1. The molecule has 2 heterocycles. The van der Waals surface area contributed by atoms with Crippen LogP contribution in [-0.2, 0) is 21.6 Å². The van der Waals surface area contributed by atoms with Crippen LogP contribution in [0.15, 0.2) is 10.5 Å². The number of hydrogen-bond acceptors (Lipinski definition) is 2. The van der Waals surface area contributed by atoms with E-state index in [1.54, 1.807) is 0 Å². The molecule has 22 heavy (non-hydrogen) atoms. The highest BCUT2D eigenvalue weighted by atomic mass is 79.9. The van der Waals surface area contributed by atoms with E-state index in [2.05, 4.69) is 20.9 Å². The van der Waals surface area contributed by atoms with Gasteiger partial charge in [-0.3, -0.25) is 4.79 Å². The van der Waals surface area contributed by atoms with Gasteiger partial charge in [0.1, 0.15) is 11.4 Å². The lowest BCUT2D eigenvalue weighted by Gasteiger charge is -2.35. The zero-order chi connectivity index (χ0) is 16.1. The number of fused-ring (bicyclic) bond motifs is 3. The Labute approximate surface area is 135 Å². The van der Waals surface area contributed by atoms with Crippen LogP contribution in [0.4, 0.5) is 4.39 Å². The summed E-state index contributed by atoms with van der Waals surface area (Å²) in [4.78, 5) is 14.6. The van der Waals surface area contributed by atoms with E-state index in [1.165, 1.54) is 6.07 Å². The van der Waals surface area contributed by atoms with Gasteiger partial charge < -0.3 is 14.8 Å². The maximum Gasteiger partial charge on any atom is 0.306 e. The highest BCUT2D eigenvalue weighted by Gasteiger charge is 2.41. The maximum absolute atomic E-state index is 14.1. The van der Waals surface area contributed by atoms with Crippen molar-refractivity contribution in [2.75, 3.05) is 6.61 Å². The lowest BCUT2D eigenvalue weighted by Crippen LogP contribution is -2.37. The summed E-state index contributed by atoms with van der Waals surface area (Å²) in [5.74, 6) is -1.21. The summed E-state index contributed by atoms with van der Waals surface area (Å²) in [6, 6.07) is 1.47. The molecular formula is C16H17BrFNO3. The molecule has 2 aromatic rings. The second-order valence-corrected chi connectivity index (χ2v) is 6.53. The molecule has 1 aliphatic rings. The van der Waals surface area contributed by atoms with Crippen LogP contribution in [0.3, 0.4) is 0 Å². The molecule has 0 spiro atoms. The first kappa shape index (κ1) is 15.5. The number of benzene rings is 1. The Morgan fingerprint density at radius 1 is 1.59 bits per heavy atom. The lowest BCUT2D eigenvalue weighted by atomic mass is 9.86. The normalized spacial score (nSPS) is 21.1. The summed E-state index contributed by atoms with van der Waals surface area (Å²) < 4.78 is 20.3. The third kappa shape index (κ3) is 2.16. The Kier molecular flexibility index (Phi) is 3.77. The summed E-state index contributed by atoms with van der Waals surface area (Å²) in [6.07, 6.45) is 1.07. The number of ether oxygens (including phenoxy) is 1. The molecule has 4 nitrogen and oxygen atoms in total. The van der Waals surface area contributed by atoms with Crippen LogP contribution in [-0.4, -0.2) is 22.7 Å². The molecule has 0 fully saturated rings. The Bertz CT molecular complexity index is 771. The monoisotopic (exact) mass is 369 g/mol. The number of halogens is 2. The van der Waals surface area contributed by atoms with Crippen molar-refractivity contribution in [1.29, 1.82) is 0 Å². The van der Waals surface area contributed by atoms with Gasteiger partial charge in [-0.15, -0.1) is 0 Å². The number of H-pyrrole nitrogens is 1. The second kappa shape index (κ2) is 5.35. The number of hydrogen-bond donors (Lipinski definition) is 2. The highest BCUT2D eigenvalue weighted by molar-refractivity contribution is 9.10. The van der Waals surface area contributed by atoms with E-state index in [9.17, 15) is 14.3 Å². The molecule has 0 bridgehead atoms. The summed E-state index contributed by atoms with van der Waals surface area (Å²) in [6.45, 7) is 4.18. The molecule has 118 valence electrons. The topological polar surface area (TPSA) is 62.3 Å². The first-order chi connectivity index (χ1) is 10.4. The summed E-state index contributed by atoms with van der Waals surface area (Å²) in [5.41, 5.74) is 2.49. The average Bonchev–Trinajstić information content (AvgIpc) is 2.86. The predicted octanol–water partition coefficient (Wildman–Crippen LogP) is 4.03. The van der Waals surface area contributed by atoms with Gasteiger partial charge in [0.2, 0.25) is 0 Å². The number of nitrogens with one attached hydrogen (secondary N) is 1. The molecule has 6 heteroatoms. The number of aromatic nitrogens is 1. The van der Waals surface area contributed by atoms with Gasteiger partial charge in [0.05, 0.1) is 28.7 Å². The number of rotatable bonds is 3. The zero-order valence-electron chi connectivity index (χ0n) is 12.4. The van der Waals surface area contributed by atoms with E-state index >= 15 is 0 Å². The van der Waals surface area contributed by atoms with Crippen molar-refractivity contribution < 1.29 is 19.0 Å². The number of carboxylic acids is 1. The number of carboxylic acid groups (broad SMARTS) is 1. The predicted molar refractivity (Wildman–Crippen MR) is 84.6 cm³/mol.